The molecule has 0 unspecified atom stereocenters. The van der Waals surface area contributed by atoms with Gasteiger partial charge in [-0.15, -0.1) is 0 Å². The van der Waals surface area contributed by atoms with Crippen molar-refractivity contribution in [1.29, 1.82) is 0 Å². The van der Waals surface area contributed by atoms with Crippen LogP contribution in [-0.2, 0) is 4.74 Å². The van der Waals surface area contributed by atoms with Crippen molar-refractivity contribution in [3.63, 3.8) is 0 Å². The SMILES string of the molecule is COCCN(C)c1ccc(N)c(OC)n1. The van der Waals surface area contributed by atoms with Crippen LogP contribution in [0.3, 0.4) is 0 Å². The third-order valence-corrected chi connectivity index (χ3v) is 2.09. The summed E-state index contributed by atoms with van der Waals surface area (Å²) in [4.78, 5) is 6.24. The van der Waals surface area contributed by atoms with Gasteiger partial charge in [0.15, 0.2) is 0 Å². The van der Waals surface area contributed by atoms with Gasteiger partial charge < -0.3 is 20.1 Å². The first-order valence-electron chi connectivity index (χ1n) is 4.69. The summed E-state index contributed by atoms with van der Waals surface area (Å²) in [5.74, 6) is 1.27. The minimum atomic E-state index is 0.455. The summed E-state index contributed by atoms with van der Waals surface area (Å²) < 4.78 is 10.0. The molecule has 0 aromatic carbocycles. The largest absolute Gasteiger partial charge is 0.479 e. The van der Waals surface area contributed by atoms with Gasteiger partial charge in [0.1, 0.15) is 5.82 Å². The number of methoxy groups -OCH3 is 2. The van der Waals surface area contributed by atoms with Gasteiger partial charge in [-0.1, -0.05) is 0 Å². The number of pyridine rings is 1. The highest BCUT2D eigenvalue weighted by Crippen LogP contribution is 2.21. The third kappa shape index (κ3) is 2.99. The Morgan fingerprint density at radius 2 is 2.13 bits per heavy atom. The van der Waals surface area contributed by atoms with Crippen molar-refractivity contribution in [2.45, 2.75) is 0 Å². The van der Waals surface area contributed by atoms with E-state index < -0.39 is 0 Å². The summed E-state index contributed by atoms with van der Waals surface area (Å²) in [6.07, 6.45) is 0. The molecule has 0 amide bonds. The van der Waals surface area contributed by atoms with Gasteiger partial charge in [-0.3, -0.25) is 0 Å². The van der Waals surface area contributed by atoms with E-state index in [-0.39, 0.29) is 0 Å². The van der Waals surface area contributed by atoms with E-state index in [0.29, 0.717) is 18.2 Å². The van der Waals surface area contributed by atoms with E-state index >= 15 is 0 Å². The van der Waals surface area contributed by atoms with Crippen LogP contribution in [0.5, 0.6) is 5.88 Å². The fraction of sp³-hybridized carbons (Fsp3) is 0.500. The number of nitrogens with zero attached hydrogens (tertiary/aromatic N) is 2. The molecule has 2 N–H and O–H groups in total. The molecule has 0 aliphatic carbocycles. The normalized spacial score (nSPS) is 10.1. The molecule has 0 saturated carbocycles. The summed E-state index contributed by atoms with van der Waals surface area (Å²) in [6.45, 7) is 1.43. The lowest BCUT2D eigenvalue weighted by Crippen LogP contribution is -2.23. The maximum Gasteiger partial charge on any atom is 0.238 e. The lowest BCUT2D eigenvalue weighted by atomic mass is 10.4. The first-order valence-corrected chi connectivity index (χ1v) is 4.69. The zero-order valence-electron chi connectivity index (χ0n) is 9.36. The molecule has 1 heterocycles. The summed E-state index contributed by atoms with van der Waals surface area (Å²) in [5, 5.41) is 0. The predicted octanol–water partition coefficient (Wildman–Crippen LogP) is 0.755. The van der Waals surface area contributed by atoms with Gasteiger partial charge in [0.2, 0.25) is 5.88 Å². The molecule has 0 atom stereocenters. The van der Waals surface area contributed by atoms with Crippen LogP contribution in [0.4, 0.5) is 11.5 Å². The number of rotatable bonds is 5. The first kappa shape index (κ1) is 11.6. The van der Waals surface area contributed by atoms with Crippen LogP contribution in [0, 0.1) is 0 Å². The Kier molecular flexibility index (Phi) is 4.17. The molecular weight excluding hydrogens is 194 g/mol. The van der Waals surface area contributed by atoms with E-state index in [4.69, 9.17) is 15.2 Å². The Balaban J connectivity index is 2.76. The third-order valence-electron chi connectivity index (χ3n) is 2.09. The summed E-state index contributed by atoms with van der Waals surface area (Å²) in [7, 11) is 5.17. The second-order valence-electron chi connectivity index (χ2n) is 3.18. The Morgan fingerprint density at radius 1 is 1.40 bits per heavy atom. The van der Waals surface area contributed by atoms with E-state index in [1.54, 1.807) is 20.3 Å². The number of aromatic nitrogens is 1. The molecule has 0 spiro atoms. The molecule has 1 aromatic rings. The molecule has 0 fully saturated rings. The van der Waals surface area contributed by atoms with Crippen molar-refractivity contribution < 1.29 is 9.47 Å². The van der Waals surface area contributed by atoms with Crippen LogP contribution in [0.1, 0.15) is 0 Å². The van der Waals surface area contributed by atoms with Gasteiger partial charge in [0.25, 0.3) is 0 Å². The Bertz CT molecular complexity index is 318. The summed E-state index contributed by atoms with van der Waals surface area (Å²) in [6, 6.07) is 3.64. The molecule has 15 heavy (non-hydrogen) atoms. The van der Waals surface area contributed by atoms with Gasteiger partial charge in [0, 0.05) is 20.7 Å². The van der Waals surface area contributed by atoms with Crippen molar-refractivity contribution in [2.75, 3.05) is 45.1 Å². The van der Waals surface area contributed by atoms with Crippen LogP contribution in [0.25, 0.3) is 0 Å². The standard InChI is InChI=1S/C10H17N3O2/c1-13(6-7-14-2)9-5-4-8(11)10(12-9)15-3/h4-5H,6-7,11H2,1-3H3. The number of anilines is 2. The molecule has 5 heteroatoms. The summed E-state index contributed by atoms with van der Waals surface area (Å²) in [5.41, 5.74) is 6.21. The van der Waals surface area contributed by atoms with Crippen molar-refractivity contribution in [3.8, 4) is 5.88 Å². The molecule has 0 aliphatic heterocycles. The Labute approximate surface area is 89.8 Å². The van der Waals surface area contributed by atoms with E-state index in [2.05, 4.69) is 4.98 Å². The van der Waals surface area contributed by atoms with E-state index in [0.717, 1.165) is 12.4 Å². The average molecular weight is 211 g/mol. The highest BCUT2D eigenvalue weighted by molar-refractivity contribution is 5.54. The first-order chi connectivity index (χ1) is 7.19. The van der Waals surface area contributed by atoms with E-state index in [1.165, 1.54) is 0 Å². The van der Waals surface area contributed by atoms with Crippen molar-refractivity contribution >= 4 is 11.5 Å². The number of ether oxygens (including phenoxy) is 2. The molecule has 5 nitrogen and oxygen atoms in total. The molecule has 1 aromatic heterocycles. The highest BCUT2D eigenvalue weighted by Gasteiger charge is 2.06. The molecule has 1 rings (SSSR count). The molecule has 0 bridgehead atoms. The van der Waals surface area contributed by atoms with Crippen molar-refractivity contribution in [2.24, 2.45) is 0 Å². The van der Waals surface area contributed by atoms with Gasteiger partial charge in [-0.2, -0.15) is 4.98 Å². The van der Waals surface area contributed by atoms with E-state index in [1.807, 2.05) is 18.0 Å². The number of nitrogen functional groups attached to an aromatic ring is 1. The zero-order chi connectivity index (χ0) is 11.3. The van der Waals surface area contributed by atoms with Gasteiger partial charge >= 0.3 is 0 Å². The lowest BCUT2D eigenvalue weighted by Gasteiger charge is -2.18. The average Bonchev–Trinajstić information content (AvgIpc) is 2.26. The quantitative estimate of drug-likeness (QED) is 0.779. The zero-order valence-corrected chi connectivity index (χ0v) is 9.36. The fourth-order valence-electron chi connectivity index (χ4n) is 1.16. The maximum atomic E-state index is 5.67. The van der Waals surface area contributed by atoms with Crippen LogP contribution in [-0.4, -0.2) is 39.4 Å². The van der Waals surface area contributed by atoms with Gasteiger partial charge in [-0.05, 0) is 12.1 Å². The Morgan fingerprint density at radius 3 is 2.73 bits per heavy atom. The smallest absolute Gasteiger partial charge is 0.238 e. The van der Waals surface area contributed by atoms with Crippen LogP contribution in [0.15, 0.2) is 12.1 Å². The van der Waals surface area contributed by atoms with Gasteiger partial charge in [0.05, 0.1) is 19.4 Å². The molecule has 0 aliphatic rings. The topological polar surface area (TPSA) is 60.6 Å². The summed E-state index contributed by atoms with van der Waals surface area (Å²) >= 11 is 0. The number of nitrogens with two attached hydrogens (primary N) is 1. The molecule has 0 radical (unpaired) electrons. The molecule has 84 valence electrons. The van der Waals surface area contributed by atoms with Crippen LogP contribution in [0.2, 0.25) is 0 Å². The number of likely N-dealkylation sites (N-methyl/N-ethyl adjacent to an activating group) is 1. The van der Waals surface area contributed by atoms with Crippen molar-refractivity contribution in [1.82, 2.24) is 4.98 Å². The Hall–Kier alpha value is -1.49. The second-order valence-corrected chi connectivity index (χ2v) is 3.18. The minimum absolute atomic E-state index is 0.455. The minimum Gasteiger partial charge on any atom is -0.479 e. The molecular formula is C10H17N3O2. The maximum absolute atomic E-state index is 5.67. The van der Waals surface area contributed by atoms with Crippen LogP contribution >= 0.6 is 0 Å². The van der Waals surface area contributed by atoms with Crippen LogP contribution < -0.4 is 15.4 Å². The second kappa shape index (κ2) is 5.41. The lowest BCUT2D eigenvalue weighted by molar-refractivity contribution is 0.206. The van der Waals surface area contributed by atoms with Crippen molar-refractivity contribution in [3.05, 3.63) is 12.1 Å². The fourth-order valence-corrected chi connectivity index (χ4v) is 1.16. The number of hydrogen-bond acceptors (Lipinski definition) is 5. The van der Waals surface area contributed by atoms with Gasteiger partial charge in [-0.25, -0.2) is 0 Å². The predicted molar refractivity (Wildman–Crippen MR) is 60.3 cm³/mol. The molecule has 0 saturated heterocycles. The van der Waals surface area contributed by atoms with E-state index in [9.17, 15) is 0 Å². The monoisotopic (exact) mass is 211 g/mol. The highest BCUT2D eigenvalue weighted by atomic mass is 16.5. The number of hydrogen-bond donors (Lipinski definition) is 1.